The van der Waals surface area contributed by atoms with Crippen LogP contribution in [0.1, 0.15) is 49.4 Å². The summed E-state index contributed by atoms with van der Waals surface area (Å²) in [6, 6.07) is 9.48. The van der Waals surface area contributed by atoms with Gasteiger partial charge >= 0.3 is 0 Å². The number of fused-ring (bicyclic) bond motifs is 1. The van der Waals surface area contributed by atoms with Crippen molar-refractivity contribution >= 4 is 23.4 Å². The number of rotatable bonds is 7. The lowest BCUT2D eigenvalue weighted by molar-refractivity contribution is -0.115. The number of nitrogens with zero attached hydrogens (tertiary/aromatic N) is 2. The van der Waals surface area contributed by atoms with Gasteiger partial charge in [0, 0.05) is 29.6 Å². The van der Waals surface area contributed by atoms with Crippen LogP contribution in [0.25, 0.3) is 0 Å². The van der Waals surface area contributed by atoms with Crippen LogP contribution in [-0.4, -0.2) is 30.4 Å². The van der Waals surface area contributed by atoms with Gasteiger partial charge in [-0.05, 0) is 43.7 Å². The predicted molar refractivity (Wildman–Crippen MR) is 118 cm³/mol. The Morgan fingerprint density at radius 3 is 2.50 bits per heavy atom. The minimum Gasteiger partial charge on any atom is -0.497 e. The van der Waals surface area contributed by atoms with Gasteiger partial charge in [-0.1, -0.05) is 25.1 Å². The summed E-state index contributed by atoms with van der Waals surface area (Å²) in [5.74, 6) is 1.06. The number of amides is 1. The third-order valence-electron chi connectivity index (χ3n) is 5.17. The smallest absolute Gasteiger partial charge is 0.237 e. The van der Waals surface area contributed by atoms with E-state index < -0.39 is 0 Å². The van der Waals surface area contributed by atoms with Crippen molar-refractivity contribution in [2.45, 2.75) is 55.7 Å². The number of benzene rings is 1. The molecule has 1 amide bonds. The standard InChI is InChI=1S/C23H27N3O3S/c1-4-21(22(27)25-17-11-18(28-2)13-19(12-17)29-3)30-23-16(14-24)10-15-8-6-5-7-9-20(15)26-23/h10-13,21H,4-9H2,1-3H3,(H,25,27). The molecule has 0 bridgehead atoms. The van der Waals surface area contributed by atoms with Crippen LogP contribution in [0.3, 0.4) is 0 Å². The number of nitrogens with one attached hydrogen (secondary N) is 1. The van der Waals surface area contributed by atoms with Crippen molar-refractivity contribution in [2.24, 2.45) is 0 Å². The molecule has 2 aromatic rings. The molecular weight excluding hydrogens is 398 g/mol. The van der Waals surface area contributed by atoms with Crippen LogP contribution >= 0.6 is 11.8 Å². The van der Waals surface area contributed by atoms with Crippen LogP contribution in [0.15, 0.2) is 29.3 Å². The maximum absolute atomic E-state index is 13.0. The largest absolute Gasteiger partial charge is 0.497 e. The summed E-state index contributed by atoms with van der Waals surface area (Å²) in [6.45, 7) is 1.96. The van der Waals surface area contributed by atoms with Gasteiger partial charge in [0.25, 0.3) is 0 Å². The van der Waals surface area contributed by atoms with Crippen molar-refractivity contribution in [3.8, 4) is 17.6 Å². The topological polar surface area (TPSA) is 84.2 Å². The van der Waals surface area contributed by atoms with Gasteiger partial charge in [0.05, 0.1) is 25.0 Å². The SMILES string of the molecule is CCC(Sc1nc2c(cc1C#N)CCCCC2)C(=O)Nc1cc(OC)cc(OC)c1. The van der Waals surface area contributed by atoms with Crippen LogP contribution in [0, 0.1) is 11.3 Å². The first-order chi connectivity index (χ1) is 14.6. The summed E-state index contributed by atoms with van der Waals surface area (Å²) >= 11 is 1.36. The predicted octanol–water partition coefficient (Wildman–Crippen LogP) is 4.75. The molecule has 1 atom stereocenters. The van der Waals surface area contributed by atoms with Gasteiger partial charge in [-0.25, -0.2) is 4.98 Å². The molecule has 0 radical (unpaired) electrons. The van der Waals surface area contributed by atoms with E-state index in [2.05, 4.69) is 11.4 Å². The van der Waals surface area contributed by atoms with Crippen molar-refractivity contribution in [1.82, 2.24) is 4.98 Å². The highest BCUT2D eigenvalue weighted by Crippen LogP contribution is 2.32. The van der Waals surface area contributed by atoms with Crippen LogP contribution in [-0.2, 0) is 17.6 Å². The minimum absolute atomic E-state index is 0.140. The molecule has 0 saturated heterocycles. The van der Waals surface area contributed by atoms with Crippen molar-refractivity contribution in [3.05, 3.63) is 41.1 Å². The lowest BCUT2D eigenvalue weighted by atomic mass is 10.1. The van der Waals surface area contributed by atoms with E-state index in [4.69, 9.17) is 14.5 Å². The highest BCUT2D eigenvalue weighted by Gasteiger charge is 2.23. The second-order valence-corrected chi connectivity index (χ2v) is 8.42. The number of hydrogen-bond acceptors (Lipinski definition) is 6. The average Bonchev–Trinajstić information content (AvgIpc) is 3.00. The lowest BCUT2D eigenvalue weighted by Gasteiger charge is -2.17. The van der Waals surface area contributed by atoms with Gasteiger partial charge in [0.2, 0.25) is 5.91 Å². The van der Waals surface area contributed by atoms with Crippen LogP contribution in [0.5, 0.6) is 11.5 Å². The molecule has 1 aromatic carbocycles. The van der Waals surface area contributed by atoms with E-state index in [1.807, 2.05) is 13.0 Å². The normalized spacial score (nSPS) is 14.1. The zero-order valence-corrected chi connectivity index (χ0v) is 18.5. The number of thioether (sulfide) groups is 1. The van der Waals surface area contributed by atoms with E-state index in [0.29, 0.717) is 34.2 Å². The molecule has 3 rings (SSSR count). The molecule has 0 fully saturated rings. The quantitative estimate of drug-likeness (QED) is 0.509. The average molecular weight is 426 g/mol. The van der Waals surface area contributed by atoms with Crippen molar-refractivity contribution in [2.75, 3.05) is 19.5 Å². The summed E-state index contributed by atoms with van der Waals surface area (Å²) in [5, 5.41) is 12.8. The third-order valence-corrected chi connectivity index (χ3v) is 6.54. The second-order valence-electron chi connectivity index (χ2n) is 7.22. The number of ether oxygens (including phenoxy) is 2. The van der Waals surface area contributed by atoms with E-state index in [-0.39, 0.29) is 11.2 Å². The molecule has 1 unspecified atom stereocenters. The zero-order valence-electron chi connectivity index (χ0n) is 17.7. The molecule has 1 heterocycles. The summed E-state index contributed by atoms with van der Waals surface area (Å²) in [7, 11) is 3.14. The fourth-order valence-electron chi connectivity index (χ4n) is 3.52. The molecule has 0 aliphatic heterocycles. The van der Waals surface area contributed by atoms with E-state index >= 15 is 0 Å². The molecule has 7 heteroatoms. The molecule has 1 N–H and O–H groups in total. The molecule has 158 valence electrons. The summed E-state index contributed by atoms with van der Waals surface area (Å²) < 4.78 is 10.5. The number of methoxy groups -OCH3 is 2. The molecule has 1 aromatic heterocycles. The van der Waals surface area contributed by atoms with Crippen LogP contribution in [0.2, 0.25) is 0 Å². The lowest BCUT2D eigenvalue weighted by Crippen LogP contribution is -2.25. The Morgan fingerprint density at radius 1 is 1.17 bits per heavy atom. The van der Waals surface area contributed by atoms with E-state index in [0.717, 1.165) is 31.4 Å². The van der Waals surface area contributed by atoms with E-state index in [9.17, 15) is 10.1 Å². The first kappa shape index (κ1) is 22.0. The maximum atomic E-state index is 13.0. The molecular formula is C23H27N3O3S. The van der Waals surface area contributed by atoms with Crippen molar-refractivity contribution in [3.63, 3.8) is 0 Å². The number of aromatic nitrogens is 1. The maximum Gasteiger partial charge on any atom is 0.237 e. The molecule has 6 nitrogen and oxygen atoms in total. The zero-order chi connectivity index (χ0) is 21.5. The number of aryl methyl sites for hydroxylation is 2. The Labute approximate surface area is 182 Å². The number of hydrogen-bond donors (Lipinski definition) is 1. The fraction of sp³-hybridized carbons (Fsp3) is 0.435. The third kappa shape index (κ3) is 5.25. The van der Waals surface area contributed by atoms with Gasteiger partial charge < -0.3 is 14.8 Å². The summed E-state index contributed by atoms with van der Waals surface area (Å²) in [6.07, 6.45) is 5.95. The van der Waals surface area contributed by atoms with Crippen LogP contribution < -0.4 is 14.8 Å². The molecule has 0 spiro atoms. The molecule has 1 aliphatic rings. The van der Waals surface area contributed by atoms with Gasteiger partial charge in [-0.2, -0.15) is 5.26 Å². The second kappa shape index (κ2) is 10.4. The molecule has 30 heavy (non-hydrogen) atoms. The highest BCUT2D eigenvalue weighted by atomic mass is 32.2. The van der Waals surface area contributed by atoms with Gasteiger partial charge in [-0.3, -0.25) is 4.79 Å². The number of carbonyl (C=O) groups excluding carboxylic acids is 1. The Morgan fingerprint density at radius 2 is 1.87 bits per heavy atom. The van der Waals surface area contributed by atoms with Gasteiger partial charge in [0.15, 0.2) is 0 Å². The van der Waals surface area contributed by atoms with Crippen LogP contribution in [0.4, 0.5) is 5.69 Å². The number of carbonyl (C=O) groups is 1. The van der Waals surface area contributed by atoms with E-state index in [1.165, 1.54) is 23.7 Å². The summed E-state index contributed by atoms with van der Waals surface area (Å²) in [4.78, 5) is 17.8. The molecule has 1 aliphatic carbocycles. The fourth-order valence-corrected chi connectivity index (χ4v) is 4.52. The Balaban J connectivity index is 1.81. The number of anilines is 1. The van der Waals surface area contributed by atoms with Crippen molar-refractivity contribution in [1.29, 1.82) is 5.26 Å². The van der Waals surface area contributed by atoms with Gasteiger partial charge in [0.1, 0.15) is 22.6 Å². The first-order valence-corrected chi connectivity index (χ1v) is 11.1. The number of pyridine rings is 1. The Hall–Kier alpha value is -2.72. The van der Waals surface area contributed by atoms with Crippen molar-refractivity contribution < 1.29 is 14.3 Å². The summed E-state index contributed by atoms with van der Waals surface area (Å²) in [5.41, 5.74) is 3.40. The highest BCUT2D eigenvalue weighted by molar-refractivity contribution is 8.00. The monoisotopic (exact) mass is 425 g/mol. The van der Waals surface area contributed by atoms with E-state index in [1.54, 1.807) is 32.4 Å². The first-order valence-electron chi connectivity index (χ1n) is 10.2. The van der Waals surface area contributed by atoms with Gasteiger partial charge in [-0.15, -0.1) is 0 Å². The Kier molecular flexibility index (Phi) is 7.58. The number of nitriles is 1. The molecule has 0 saturated carbocycles. The Bertz CT molecular complexity index is 933. The minimum atomic E-state index is -0.370.